The number of fused-ring (bicyclic) bond motifs is 1. The van der Waals surface area contributed by atoms with Crippen LogP contribution in [-0.2, 0) is 28.5 Å². The predicted octanol–water partition coefficient (Wildman–Crippen LogP) is 8.58. The van der Waals surface area contributed by atoms with E-state index in [4.69, 9.17) is 23.7 Å². The van der Waals surface area contributed by atoms with Crippen molar-refractivity contribution in [2.24, 2.45) is 23.7 Å². The van der Waals surface area contributed by atoms with E-state index in [1.165, 1.54) is 30.8 Å². The maximum Gasteiger partial charge on any atom is 0.330 e. The maximum atomic E-state index is 11.5. The minimum atomic E-state index is -0.291. The molecule has 236 valence electrons. The average molecular weight is 585 g/mol. The summed E-state index contributed by atoms with van der Waals surface area (Å²) in [7, 11) is 1.42. The van der Waals surface area contributed by atoms with Crippen LogP contribution in [0.5, 0.6) is 0 Å². The van der Waals surface area contributed by atoms with Crippen LogP contribution in [0.3, 0.4) is 0 Å². The molecular formula is C36H56O6. The van der Waals surface area contributed by atoms with Crippen LogP contribution in [0.25, 0.3) is 0 Å². The Hall–Kier alpha value is -1.89. The van der Waals surface area contributed by atoms with Crippen LogP contribution in [0.2, 0.25) is 0 Å². The van der Waals surface area contributed by atoms with Gasteiger partial charge in [-0.25, -0.2) is 4.79 Å². The van der Waals surface area contributed by atoms with E-state index in [0.29, 0.717) is 17.8 Å². The van der Waals surface area contributed by atoms with Crippen LogP contribution >= 0.6 is 0 Å². The smallest absolute Gasteiger partial charge is 0.330 e. The largest absolute Gasteiger partial charge is 0.469 e. The first kappa shape index (κ1) is 33.0. The fourth-order valence-electron chi connectivity index (χ4n) is 7.05. The van der Waals surface area contributed by atoms with Crippen molar-refractivity contribution in [3.05, 3.63) is 47.3 Å². The fraction of sp³-hybridized carbons (Fsp3) is 0.750. The van der Waals surface area contributed by atoms with E-state index in [0.717, 1.165) is 102 Å². The Labute approximate surface area is 254 Å². The topological polar surface area (TPSA) is 63.2 Å². The first-order valence-electron chi connectivity index (χ1n) is 16.8. The van der Waals surface area contributed by atoms with Gasteiger partial charge in [0.1, 0.15) is 5.76 Å². The zero-order valence-corrected chi connectivity index (χ0v) is 26.7. The van der Waals surface area contributed by atoms with Crippen LogP contribution in [0, 0.1) is 23.7 Å². The summed E-state index contributed by atoms with van der Waals surface area (Å²) in [6.45, 7) is 8.29. The lowest BCUT2D eigenvalue weighted by Crippen LogP contribution is -2.34. The van der Waals surface area contributed by atoms with Gasteiger partial charge >= 0.3 is 5.97 Å². The summed E-state index contributed by atoms with van der Waals surface area (Å²) in [6.07, 6.45) is 25.4. The highest BCUT2D eigenvalue weighted by atomic mass is 16.7. The maximum absolute atomic E-state index is 11.5. The molecule has 2 heterocycles. The monoisotopic (exact) mass is 584 g/mol. The van der Waals surface area contributed by atoms with Crippen molar-refractivity contribution in [2.45, 2.75) is 129 Å². The van der Waals surface area contributed by atoms with Crippen molar-refractivity contribution in [1.82, 2.24) is 0 Å². The van der Waals surface area contributed by atoms with E-state index < -0.39 is 0 Å². The van der Waals surface area contributed by atoms with Crippen LogP contribution in [0.4, 0.5) is 0 Å². The SMILES string of the molecule is COC(=O)C=CCCC1=C[C@@H]2C[C@@H](OC3CCCCO3)[C@H](C(=CCC[C@H](C)CCC=C(C)C)OC3CCCCO3)[C@@H]2C1. The van der Waals surface area contributed by atoms with E-state index in [1.54, 1.807) is 0 Å². The minimum absolute atomic E-state index is 0.0880. The predicted molar refractivity (Wildman–Crippen MR) is 166 cm³/mol. The Balaban J connectivity index is 1.48. The standard InChI is InChI=1S/C36H56O6/c1-26(2)13-11-14-27(3)15-12-17-31(41-34-19-7-9-21-39-34)36-30-24-28(16-5-6-18-33(37)38-4)23-29(30)25-32(36)42-35-20-8-10-22-40-35/h6,13,17-18,23,27,29-30,32,34-36H,5,7-12,14-16,19-22,24-25H2,1-4H3/t27-,29-,30-,32-,34?,35?,36+/m1/s1. The van der Waals surface area contributed by atoms with Gasteiger partial charge < -0.3 is 23.7 Å². The number of hydrogen-bond donors (Lipinski definition) is 0. The van der Waals surface area contributed by atoms with Gasteiger partial charge in [-0.2, -0.15) is 0 Å². The molecule has 42 heavy (non-hydrogen) atoms. The summed E-state index contributed by atoms with van der Waals surface area (Å²) < 4.78 is 30.4. The Morgan fingerprint density at radius 1 is 1.00 bits per heavy atom. The third kappa shape index (κ3) is 10.4. The van der Waals surface area contributed by atoms with E-state index in [9.17, 15) is 4.79 Å². The van der Waals surface area contributed by atoms with E-state index in [-0.39, 0.29) is 30.6 Å². The second-order valence-electron chi connectivity index (χ2n) is 13.1. The third-order valence-electron chi connectivity index (χ3n) is 9.37. The van der Waals surface area contributed by atoms with Gasteiger partial charge in [-0.15, -0.1) is 0 Å². The van der Waals surface area contributed by atoms with Crippen molar-refractivity contribution >= 4 is 5.97 Å². The number of hydrogen-bond acceptors (Lipinski definition) is 6. The number of methoxy groups -OCH3 is 1. The molecule has 1 saturated carbocycles. The summed E-state index contributed by atoms with van der Waals surface area (Å²) in [6, 6.07) is 0. The zero-order valence-electron chi connectivity index (χ0n) is 26.7. The summed E-state index contributed by atoms with van der Waals surface area (Å²) in [4.78, 5) is 11.5. The molecule has 0 aromatic carbocycles. The second kappa shape index (κ2) is 17.4. The molecule has 2 aliphatic heterocycles. The van der Waals surface area contributed by atoms with Gasteiger partial charge in [0.05, 0.1) is 19.8 Å². The summed E-state index contributed by atoms with van der Waals surface area (Å²) in [5.74, 6) is 2.60. The molecule has 0 bridgehead atoms. The molecule has 0 spiro atoms. The first-order chi connectivity index (χ1) is 20.4. The van der Waals surface area contributed by atoms with Crippen molar-refractivity contribution in [3.63, 3.8) is 0 Å². The number of carbonyl (C=O) groups is 1. The summed E-state index contributed by atoms with van der Waals surface area (Å²) >= 11 is 0. The molecule has 6 heteroatoms. The van der Waals surface area contributed by atoms with E-state index in [2.05, 4.69) is 39.0 Å². The van der Waals surface area contributed by atoms with Gasteiger partial charge in [0.15, 0.2) is 12.6 Å². The molecule has 2 aliphatic carbocycles. The molecule has 3 fully saturated rings. The molecule has 7 atom stereocenters. The van der Waals surface area contributed by atoms with Gasteiger partial charge in [0.25, 0.3) is 0 Å². The van der Waals surface area contributed by atoms with Crippen LogP contribution in [-0.4, -0.2) is 45.0 Å². The molecule has 2 saturated heterocycles. The Morgan fingerprint density at radius 2 is 1.71 bits per heavy atom. The first-order valence-corrected chi connectivity index (χ1v) is 16.8. The number of carbonyl (C=O) groups excluding carboxylic acids is 1. The van der Waals surface area contributed by atoms with Crippen LogP contribution < -0.4 is 0 Å². The number of esters is 1. The molecule has 2 unspecified atom stereocenters. The zero-order chi connectivity index (χ0) is 29.7. The summed E-state index contributed by atoms with van der Waals surface area (Å²) in [5.41, 5.74) is 2.89. The molecule has 0 amide bonds. The average Bonchev–Trinajstić information content (AvgIpc) is 3.52. The lowest BCUT2D eigenvalue weighted by Gasteiger charge is -2.34. The van der Waals surface area contributed by atoms with E-state index >= 15 is 0 Å². The molecule has 0 radical (unpaired) electrons. The molecule has 0 N–H and O–H groups in total. The van der Waals surface area contributed by atoms with Gasteiger partial charge in [-0.3, -0.25) is 0 Å². The van der Waals surface area contributed by atoms with Crippen LogP contribution in [0.15, 0.2) is 47.3 Å². The third-order valence-corrected chi connectivity index (χ3v) is 9.37. The van der Waals surface area contributed by atoms with Gasteiger partial charge in [-0.1, -0.05) is 36.3 Å². The quantitative estimate of drug-likeness (QED) is 0.0831. The highest BCUT2D eigenvalue weighted by molar-refractivity contribution is 5.81. The molecule has 4 rings (SSSR count). The normalized spacial score (nSPS) is 30.6. The highest BCUT2D eigenvalue weighted by Crippen LogP contribution is 2.52. The van der Waals surface area contributed by atoms with Gasteiger partial charge in [-0.05, 0) is 121 Å². The Kier molecular flexibility index (Phi) is 13.7. The lowest BCUT2D eigenvalue weighted by molar-refractivity contribution is -0.200. The molecule has 6 nitrogen and oxygen atoms in total. The lowest BCUT2D eigenvalue weighted by atomic mass is 9.86. The van der Waals surface area contributed by atoms with Gasteiger partial charge in [0.2, 0.25) is 0 Å². The molecule has 0 aromatic rings. The van der Waals surface area contributed by atoms with Crippen molar-refractivity contribution in [3.8, 4) is 0 Å². The number of rotatable bonds is 15. The van der Waals surface area contributed by atoms with Crippen molar-refractivity contribution < 1.29 is 28.5 Å². The molecule has 4 aliphatic rings. The van der Waals surface area contributed by atoms with Gasteiger partial charge in [0, 0.05) is 25.0 Å². The highest BCUT2D eigenvalue weighted by Gasteiger charge is 2.49. The van der Waals surface area contributed by atoms with Crippen molar-refractivity contribution in [1.29, 1.82) is 0 Å². The number of ether oxygens (including phenoxy) is 5. The molecular weight excluding hydrogens is 528 g/mol. The van der Waals surface area contributed by atoms with E-state index in [1.807, 2.05) is 6.08 Å². The minimum Gasteiger partial charge on any atom is -0.469 e. The number of allylic oxidation sites excluding steroid dienone is 6. The Morgan fingerprint density at radius 3 is 2.38 bits per heavy atom. The second-order valence-corrected chi connectivity index (χ2v) is 13.1. The van der Waals surface area contributed by atoms with Crippen molar-refractivity contribution in [2.75, 3.05) is 20.3 Å². The summed E-state index contributed by atoms with van der Waals surface area (Å²) in [5, 5.41) is 0. The molecule has 0 aromatic heterocycles. The van der Waals surface area contributed by atoms with Crippen LogP contribution in [0.1, 0.15) is 111 Å². The Bertz CT molecular complexity index is 948. The fourth-order valence-corrected chi connectivity index (χ4v) is 7.05.